The van der Waals surface area contributed by atoms with E-state index in [-0.39, 0.29) is 13.2 Å². The quantitative estimate of drug-likeness (QED) is 0.745. The average molecular weight is 240 g/mol. The summed E-state index contributed by atoms with van der Waals surface area (Å²) in [5.74, 6) is -0.535. The number of carboxylic acids is 1. The lowest BCUT2D eigenvalue weighted by molar-refractivity contribution is -0.152. The highest BCUT2D eigenvalue weighted by molar-refractivity contribution is 5.72. The molecule has 1 unspecified atom stereocenters. The van der Waals surface area contributed by atoms with Gasteiger partial charge in [0.2, 0.25) is 0 Å². The van der Waals surface area contributed by atoms with Gasteiger partial charge >= 0.3 is 5.97 Å². The van der Waals surface area contributed by atoms with Crippen molar-refractivity contribution in [3.8, 4) is 5.75 Å². The highest BCUT2D eigenvalue weighted by Gasteiger charge is 2.18. The second kappa shape index (κ2) is 6.88. The predicted molar refractivity (Wildman–Crippen MR) is 60.9 cm³/mol. The summed E-state index contributed by atoms with van der Waals surface area (Å²) in [5.41, 5.74) is 0.714. The number of aliphatic carboxylic acids is 1. The Balaban J connectivity index is 2.55. The van der Waals surface area contributed by atoms with Gasteiger partial charge in [-0.25, -0.2) is 4.79 Å². The lowest BCUT2D eigenvalue weighted by Gasteiger charge is -2.13. The minimum Gasteiger partial charge on any atom is -0.490 e. The molecule has 0 heterocycles. The number of ether oxygens (including phenoxy) is 2. The number of hydrogen-bond acceptors (Lipinski definition) is 4. The lowest BCUT2D eigenvalue weighted by atomic mass is 10.2. The molecule has 0 radical (unpaired) electrons. The molecule has 0 spiro atoms. The third-order valence-corrected chi connectivity index (χ3v) is 2.13. The molecular weight excluding hydrogens is 224 g/mol. The number of benzene rings is 1. The molecule has 1 aromatic rings. The molecule has 2 N–H and O–H groups in total. The first-order valence-electron chi connectivity index (χ1n) is 5.34. The van der Waals surface area contributed by atoms with Gasteiger partial charge < -0.3 is 19.7 Å². The smallest absolute Gasteiger partial charge is 0.336 e. The summed E-state index contributed by atoms with van der Waals surface area (Å²) >= 11 is 0. The zero-order valence-electron chi connectivity index (χ0n) is 9.63. The van der Waals surface area contributed by atoms with Crippen LogP contribution in [0.15, 0.2) is 24.3 Å². The molecule has 1 atom stereocenters. The molecule has 5 nitrogen and oxygen atoms in total. The molecule has 5 heteroatoms. The second-order valence-corrected chi connectivity index (χ2v) is 3.40. The van der Waals surface area contributed by atoms with Crippen molar-refractivity contribution in [2.45, 2.75) is 19.6 Å². The minimum atomic E-state index is -1.05. The Morgan fingerprint density at radius 1 is 1.47 bits per heavy atom. The molecule has 0 saturated carbocycles. The van der Waals surface area contributed by atoms with Crippen LogP contribution >= 0.6 is 0 Å². The molecule has 0 aromatic heterocycles. The summed E-state index contributed by atoms with van der Waals surface area (Å²) < 4.78 is 10.3. The molecular formula is C12H16O5. The van der Waals surface area contributed by atoms with Crippen LogP contribution in [0.3, 0.4) is 0 Å². The normalized spacial score (nSPS) is 12.1. The first kappa shape index (κ1) is 13.5. The molecule has 0 fully saturated rings. The number of carboxylic acid groups (broad SMARTS) is 1. The number of carbonyl (C=O) groups is 1. The molecule has 0 amide bonds. The Kier molecular flexibility index (Phi) is 5.45. The van der Waals surface area contributed by atoms with Crippen LogP contribution < -0.4 is 4.74 Å². The first-order chi connectivity index (χ1) is 8.17. The Labute approximate surface area is 99.6 Å². The van der Waals surface area contributed by atoms with Gasteiger partial charge in [0, 0.05) is 6.61 Å². The zero-order chi connectivity index (χ0) is 12.7. The van der Waals surface area contributed by atoms with Crippen molar-refractivity contribution < 1.29 is 24.5 Å². The van der Waals surface area contributed by atoms with Crippen LogP contribution in [0.25, 0.3) is 0 Å². The van der Waals surface area contributed by atoms with Crippen molar-refractivity contribution >= 4 is 5.97 Å². The van der Waals surface area contributed by atoms with Gasteiger partial charge in [0.25, 0.3) is 0 Å². The topological polar surface area (TPSA) is 76.0 Å². The van der Waals surface area contributed by atoms with Crippen molar-refractivity contribution in [3.63, 3.8) is 0 Å². The van der Waals surface area contributed by atoms with Crippen molar-refractivity contribution in [2.24, 2.45) is 0 Å². The van der Waals surface area contributed by atoms with Crippen molar-refractivity contribution in [1.82, 2.24) is 0 Å². The van der Waals surface area contributed by atoms with E-state index in [0.717, 1.165) is 0 Å². The molecule has 0 aliphatic carbocycles. The van der Waals surface area contributed by atoms with Gasteiger partial charge in [-0.3, -0.25) is 0 Å². The van der Waals surface area contributed by atoms with Gasteiger partial charge in [0.15, 0.2) is 6.10 Å². The molecule has 94 valence electrons. The number of hydrogen-bond donors (Lipinski definition) is 2. The summed E-state index contributed by atoms with van der Waals surface area (Å²) in [6.45, 7) is 1.91. The summed E-state index contributed by atoms with van der Waals surface area (Å²) in [4.78, 5) is 10.8. The SMILES string of the molecule is CCOC(COc1cccc(CO)c1)C(=O)O. The van der Waals surface area contributed by atoms with Crippen LogP contribution in [0.2, 0.25) is 0 Å². The van der Waals surface area contributed by atoms with Crippen LogP contribution in [0.5, 0.6) is 5.75 Å². The fraction of sp³-hybridized carbons (Fsp3) is 0.417. The van der Waals surface area contributed by atoms with E-state index in [1.165, 1.54) is 0 Å². The summed E-state index contributed by atoms with van der Waals surface area (Å²) in [6.07, 6.45) is -0.974. The minimum absolute atomic E-state index is 0.0575. The van der Waals surface area contributed by atoms with Crippen molar-refractivity contribution in [3.05, 3.63) is 29.8 Å². The largest absolute Gasteiger partial charge is 0.490 e. The molecule has 0 aliphatic rings. The van der Waals surface area contributed by atoms with Crippen LogP contribution in [-0.4, -0.2) is 35.5 Å². The number of aliphatic hydroxyl groups is 1. The summed E-state index contributed by atoms with van der Waals surface area (Å²) in [7, 11) is 0. The molecule has 0 bridgehead atoms. The molecule has 0 saturated heterocycles. The summed E-state index contributed by atoms with van der Waals surface area (Å²) in [6, 6.07) is 6.84. The van der Waals surface area contributed by atoms with Gasteiger partial charge in [-0.15, -0.1) is 0 Å². The van der Waals surface area contributed by atoms with E-state index in [9.17, 15) is 4.79 Å². The van der Waals surface area contributed by atoms with E-state index in [1.807, 2.05) is 0 Å². The molecule has 1 rings (SSSR count). The second-order valence-electron chi connectivity index (χ2n) is 3.40. The van der Waals surface area contributed by atoms with Crippen LogP contribution in [0.1, 0.15) is 12.5 Å². The highest BCUT2D eigenvalue weighted by Crippen LogP contribution is 2.13. The third-order valence-electron chi connectivity index (χ3n) is 2.13. The van der Waals surface area contributed by atoms with E-state index in [2.05, 4.69) is 0 Å². The standard InChI is InChI=1S/C12H16O5/c1-2-16-11(12(14)15)8-17-10-5-3-4-9(6-10)7-13/h3-6,11,13H,2,7-8H2,1H3,(H,14,15). The maximum Gasteiger partial charge on any atom is 0.336 e. The predicted octanol–water partition coefficient (Wildman–Crippen LogP) is 1.05. The molecule has 0 aliphatic heterocycles. The maximum absolute atomic E-state index is 10.8. The fourth-order valence-corrected chi connectivity index (χ4v) is 1.30. The highest BCUT2D eigenvalue weighted by atomic mass is 16.5. The van der Waals surface area contributed by atoms with E-state index < -0.39 is 12.1 Å². The van der Waals surface area contributed by atoms with Gasteiger partial charge in [-0.05, 0) is 24.6 Å². The average Bonchev–Trinajstić information content (AvgIpc) is 2.34. The van der Waals surface area contributed by atoms with E-state index in [4.69, 9.17) is 19.7 Å². The van der Waals surface area contributed by atoms with E-state index in [1.54, 1.807) is 31.2 Å². The van der Waals surface area contributed by atoms with E-state index in [0.29, 0.717) is 17.9 Å². The van der Waals surface area contributed by atoms with Gasteiger partial charge in [-0.2, -0.15) is 0 Å². The van der Waals surface area contributed by atoms with Crippen molar-refractivity contribution in [1.29, 1.82) is 0 Å². The Bertz CT molecular complexity index is 364. The maximum atomic E-state index is 10.8. The summed E-state index contributed by atoms with van der Waals surface area (Å²) in [5, 5.41) is 17.8. The van der Waals surface area contributed by atoms with Crippen molar-refractivity contribution in [2.75, 3.05) is 13.2 Å². The monoisotopic (exact) mass is 240 g/mol. The molecule has 17 heavy (non-hydrogen) atoms. The third kappa shape index (κ3) is 4.42. The molecule has 1 aromatic carbocycles. The van der Waals surface area contributed by atoms with Crippen LogP contribution in [-0.2, 0) is 16.1 Å². The van der Waals surface area contributed by atoms with Gasteiger partial charge in [0.1, 0.15) is 12.4 Å². The van der Waals surface area contributed by atoms with Gasteiger partial charge in [0.05, 0.1) is 6.61 Å². The van der Waals surface area contributed by atoms with E-state index >= 15 is 0 Å². The fourth-order valence-electron chi connectivity index (χ4n) is 1.30. The van der Waals surface area contributed by atoms with Crippen LogP contribution in [0.4, 0.5) is 0 Å². The number of aliphatic hydroxyl groups excluding tert-OH is 1. The van der Waals surface area contributed by atoms with Gasteiger partial charge in [-0.1, -0.05) is 12.1 Å². The zero-order valence-corrected chi connectivity index (χ0v) is 9.63. The number of rotatable bonds is 7. The van der Waals surface area contributed by atoms with Crippen LogP contribution in [0, 0.1) is 0 Å². The Morgan fingerprint density at radius 3 is 2.82 bits per heavy atom. The Hall–Kier alpha value is -1.59. The first-order valence-corrected chi connectivity index (χ1v) is 5.34. The Morgan fingerprint density at radius 2 is 2.24 bits per heavy atom. The lowest BCUT2D eigenvalue weighted by Crippen LogP contribution is -2.30.